The Morgan fingerprint density at radius 2 is 1.73 bits per heavy atom. The minimum Gasteiger partial charge on any atom is -0.481 e. The van der Waals surface area contributed by atoms with Gasteiger partial charge in [-0.2, -0.15) is 0 Å². The van der Waals surface area contributed by atoms with E-state index in [9.17, 15) is 9.59 Å². The van der Waals surface area contributed by atoms with Gasteiger partial charge in [-0.15, -0.1) is 0 Å². The molecular formula is C24H23ClO5. The van der Waals surface area contributed by atoms with Crippen molar-refractivity contribution in [1.82, 2.24) is 0 Å². The zero-order valence-corrected chi connectivity index (χ0v) is 17.7. The Morgan fingerprint density at radius 1 is 1.07 bits per heavy atom. The summed E-state index contributed by atoms with van der Waals surface area (Å²) in [7, 11) is 0. The zero-order valence-electron chi connectivity index (χ0n) is 16.9. The molecule has 156 valence electrons. The van der Waals surface area contributed by atoms with E-state index in [2.05, 4.69) is 11.8 Å². The van der Waals surface area contributed by atoms with Crippen LogP contribution in [0.2, 0.25) is 5.02 Å². The van der Waals surface area contributed by atoms with E-state index < -0.39 is 23.3 Å². The first-order valence-electron chi connectivity index (χ1n) is 9.83. The normalized spacial score (nSPS) is 16.0. The van der Waals surface area contributed by atoms with Crippen molar-refractivity contribution in [3.05, 3.63) is 64.7 Å². The summed E-state index contributed by atoms with van der Waals surface area (Å²) in [6, 6.07) is 14.7. The molecule has 30 heavy (non-hydrogen) atoms. The molecule has 0 radical (unpaired) electrons. The molecule has 1 atom stereocenters. The van der Waals surface area contributed by atoms with E-state index >= 15 is 0 Å². The second-order valence-electron chi connectivity index (χ2n) is 6.81. The first kappa shape index (κ1) is 21.7. The van der Waals surface area contributed by atoms with Crippen LogP contribution in [0.4, 0.5) is 0 Å². The quantitative estimate of drug-likeness (QED) is 0.373. The topological polar surface area (TPSA) is 61.8 Å². The minimum atomic E-state index is -1.36. The predicted octanol–water partition coefficient (Wildman–Crippen LogP) is 4.37. The van der Waals surface area contributed by atoms with Crippen molar-refractivity contribution in [3.8, 4) is 17.6 Å². The first-order chi connectivity index (χ1) is 14.5. The van der Waals surface area contributed by atoms with Gasteiger partial charge in [-0.25, -0.2) is 0 Å². The predicted molar refractivity (Wildman–Crippen MR) is 113 cm³/mol. The average Bonchev–Trinajstić information content (AvgIpc) is 3.50. The fraction of sp³-hybridized carbons (Fsp3) is 0.333. The van der Waals surface area contributed by atoms with Gasteiger partial charge in [0.2, 0.25) is 0 Å². The van der Waals surface area contributed by atoms with E-state index in [-0.39, 0.29) is 26.2 Å². The number of hydrogen-bond donors (Lipinski definition) is 0. The number of ether oxygens (including phenoxy) is 3. The minimum absolute atomic E-state index is 0.155. The van der Waals surface area contributed by atoms with Crippen molar-refractivity contribution in [3.63, 3.8) is 0 Å². The summed E-state index contributed by atoms with van der Waals surface area (Å²) < 4.78 is 16.2. The molecule has 6 heteroatoms. The van der Waals surface area contributed by atoms with Gasteiger partial charge in [0.1, 0.15) is 12.4 Å². The molecule has 0 heterocycles. The van der Waals surface area contributed by atoms with Crippen molar-refractivity contribution in [1.29, 1.82) is 0 Å². The second-order valence-corrected chi connectivity index (χ2v) is 7.24. The van der Waals surface area contributed by atoms with Crippen molar-refractivity contribution in [2.75, 3.05) is 19.8 Å². The molecule has 0 spiro atoms. The van der Waals surface area contributed by atoms with E-state index in [4.69, 9.17) is 25.8 Å². The number of carbonyl (C=O) groups excluding carboxylic acids is 2. The fourth-order valence-corrected chi connectivity index (χ4v) is 3.57. The summed E-state index contributed by atoms with van der Waals surface area (Å²) in [5, 5.41) is 0.487. The third-order valence-electron chi connectivity index (χ3n) is 4.89. The maximum absolute atomic E-state index is 12.6. The molecule has 0 N–H and O–H groups in total. The molecule has 1 aliphatic carbocycles. The summed E-state index contributed by atoms with van der Waals surface area (Å²) >= 11 is 6.19. The molecule has 3 rings (SSSR count). The maximum Gasteiger partial charge on any atom is 0.324 e. The van der Waals surface area contributed by atoms with Gasteiger partial charge in [0.15, 0.2) is 5.41 Å². The van der Waals surface area contributed by atoms with Crippen LogP contribution in [0.1, 0.15) is 37.3 Å². The van der Waals surface area contributed by atoms with Gasteiger partial charge in [0.05, 0.1) is 13.2 Å². The molecule has 0 saturated heterocycles. The smallest absolute Gasteiger partial charge is 0.324 e. The Hall–Kier alpha value is -2.97. The fourth-order valence-electron chi connectivity index (χ4n) is 3.39. The highest BCUT2D eigenvalue weighted by Crippen LogP contribution is 2.62. The third kappa shape index (κ3) is 4.60. The van der Waals surface area contributed by atoms with Crippen LogP contribution in [-0.4, -0.2) is 31.8 Å². The molecular weight excluding hydrogens is 404 g/mol. The summed E-state index contributed by atoms with van der Waals surface area (Å²) in [6.07, 6.45) is 0.289. The van der Waals surface area contributed by atoms with E-state index in [0.29, 0.717) is 16.3 Å². The maximum atomic E-state index is 12.6. The van der Waals surface area contributed by atoms with Crippen LogP contribution >= 0.6 is 11.6 Å². The molecule has 5 nitrogen and oxygen atoms in total. The van der Waals surface area contributed by atoms with Gasteiger partial charge in [0.25, 0.3) is 0 Å². The highest BCUT2D eigenvalue weighted by Gasteiger charge is 2.69. The van der Waals surface area contributed by atoms with Gasteiger partial charge < -0.3 is 14.2 Å². The summed E-state index contributed by atoms with van der Waals surface area (Å²) in [5.74, 6) is 4.94. The molecule has 0 aliphatic heterocycles. The Morgan fingerprint density at radius 3 is 2.37 bits per heavy atom. The van der Waals surface area contributed by atoms with Gasteiger partial charge >= 0.3 is 11.9 Å². The number of hydrogen-bond acceptors (Lipinski definition) is 5. The Balaban J connectivity index is 1.82. The van der Waals surface area contributed by atoms with Gasteiger partial charge in [-0.1, -0.05) is 41.6 Å². The van der Waals surface area contributed by atoms with Gasteiger partial charge in [-0.05, 0) is 50.6 Å². The number of halogens is 1. The van der Waals surface area contributed by atoms with Crippen molar-refractivity contribution in [2.45, 2.75) is 26.2 Å². The molecule has 1 fully saturated rings. The lowest BCUT2D eigenvalue weighted by molar-refractivity contribution is -0.164. The summed E-state index contributed by atoms with van der Waals surface area (Å²) in [5.41, 5.74) is 0.207. The number of carbonyl (C=O) groups is 2. The molecule has 1 aliphatic rings. The van der Waals surface area contributed by atoms with E-state index in [1.54, 1.807) is 32.0 Å². The van der Waals surface area contributed by atoms with Gasteiger partial charge in [-0.3, -0.25) is 9.59 Å². The second kappa shape index (κ2) is 9.69. The van der Waals surface area contributed by atoms with E-state index in [0.717, 1.165) is 5.56 Å². The van der Waals surface area contributed by atoms with Crippen molar-refractivity contribution < 1.29 is 23.8 Å². The molecule has 0 amide bonds. The molecule has 0 aromatic heterocycles. The van der Waals surface area contributed by atoms with E-state index in [1.165, 1.54) is 0 Å². The zero-order chi connectivity index (χ0) is 21.6. The summed E-state index contributed by atoms with van der Waals surface area (Å²) in [4.78, 5) is 25.2. The summed E-state index contributed by atoms with van der Waals surface area (Å²) in [6.45, 7) is 3.92. The Bertz CT molecular complexity index is 956. The van der Waals surface area contributed by atoms with Crippen LogP contribution in [0.3, 0.4) is 0 Å². The van der Waals surface area contributed by atoms with Crippen LogP contribution in [0.5, 0.6) is 5.75 Å². The van der Waals surface area contributed by atoms with Crippen LogP contribution < -0.4 is 4.74 Å². The van der Waals surface area contributed by atoms with Crippen LogP contribution in [0, 0.1) is 17.3 Å². The van der Waals surface area contributed by atoms with Crippen molar-refractivity contribution in [2.24, 2.45) is 5.41 Å². The van der Waals surface area contributed by atoms with Crippen LogP contribution in [0.15, 0.2) is 48.5 Å². The lowest BCUT2D eigenvalue weighted by Crippen LogP contribution is -2.31. The Kier molecular flexibility index (Phi) is 7.02. The Labute approximate surface area is 181 Å². The highest BCUT2D eigenvalue weighted by atomic mass is 35.5. The largest absolute Gasteiger partial charge is 0.481 e. The first-order valence-corrected chi connectivity index (χ1v) is 10.2. The van der Waals surface area contributed by atoms with Crippen LogP contribution in [0.25, 0.3) is 0 Å². The lowest BCUT2D eigenvalue weighted by atomic mass is 9.98. The molecule has 1 unspecified atom stereocenters. The third-order valence-corrected chi connectivity index (χ3v) is 5.13. The monoisotopic (exact) mass is 426 g/mol. The number of esters is 2. The van der Waals surface area contributed by atoms with Crippen molar-refractivity contribution >= 4 is 23.5 Å². The van der Waals surface area contributed by atoms with Gasteiger partial charge in [0, 0.05) is 22.1 Å². The number of benzene rings is 2. The number of rotatable bonds is 7. The molecule has 1 saturated carbocycles. The highest BCUT2D eigenvalue weighted by molar-refractivity contribution is 6.30. The molecule has 2 aromatic carbocycles. The standard InChI is InChI=1S/C24H23ClO5/c1-3-28-22(26)24(23(27)29-4-2)16-20(24)19-15-18(25)12-13-21(19)30-14-8-11-17-9-6-5-7-10-17/h5-7,9-10,12-13,15,20H,3-4,14,16H2,1-2H3. The molecule has 2 aromatic rings. The van der Waals surface area contributed by atoms with Crippen LogP contribution in [-0.2, 0) is 19.1 Å². The average molecular weight is 427 g/mol. The van der Waals surface area contributed by atoms with E-state index in [1.807, 2.05) is 30.3 Å². The lowest BCUT2D eigenvalue weighted by Gasteiger charge is -2.16. The SMILES string of the molecule is CCOC(=O)C1(C(=O)OCC)CC1c1cc(Cl)ccc1OCC#Cc1ccccc1. The molecule has 0 bridgehead atoms.